The standard InChI is InChI=1S/C27H26N2O2/c1-20(16-17-21-10-4-2-5-11-21)28-27(30)24-18-26(29-25-15-9-8-14-23(24)25)31-19-22-12-6-3-7-13-22/h2-15,18,20H,16-17,19H2,1H3,(H,28,30). The molecular weight excluding hydrogens is 384 g/mol. The summed E-state index contributed by atoms with van der Waals surface area (Å²) < 4.78 is 5.91. The zero-order valence-corrected chi connectivity index (χ0v) is 17.6. The van der Waals surface area contributed by atoms with Crippen molar-refractivity contribution in [2.24, 2.45) is 0 Å². The lowest BCUT2D eigenvalue weighted by molar-refractivity contribution is 0.0939. The molecule has 1 atom stereocenters. The van der Waals surface area contributed by atoms with Gasteiger partial charge < -0.3 is 10.1 Å². The number of amides is 1. The maximum atomic E-state index is 13.1. The fourth-order valence-electron chi connectivity index (χ4n) is 3.55. The van der Waals surface area contributed by atoms with E-state index in [9.17, 15) is 4.79 Å². The van der Waals surface area contributed by atoms with E-state index >= 15 is 0 Å². The lowest BCUT2D eigenvalue weighted by Gasteiger charge is -2.16. The van der Waals surface area contributed by atoms with Crippen LogP contribution in [0.1, 0.15) is 34.8 Å². The lowest BCUT2D eigenvalue weighted by Crippen LogP contribution is -2.33. The van der Waals surface area contributed by atoms with Gasteiger partial charge in [0.25, 0.3) is 5.91 Å². The van der Waals surface area contributed by atoms with Crippen LogP contribution in [0.4, 0.5) is 0 Å². The second kappa shape index (κ2) is 9.90. The van der Waals surface area contributed by atoms with Crippen molar-refractivity contribution in [2.45, 2.75) is 32.4 Å². The predicted octanol–water partition coefficient (Wildman–Crippen LogP) is 5.56. The second-order valence-corrected chi connectivity index (χ2v) is 7.70. The number of benzene rings is 3. The third-order valence-corrected chi connectivity index (χ3v) is 5.25. The normalized spacial score (nSPS) is 11.8. The average Bonchev–Trinajstić information content (AvgIpc) is 2.82. The number of fused-ring (bicyclic) bond motifs is 1. The van der Waals surface area contributed by atoms with Crippen molar-refractivity contribution in [3.8, 4) is 5.88 Å². The molecule has 0 aliphatic carbocycles. The summed E-state index contributed by atoms with van der Waals surface area (Å²) in [6.45, 7) is 2.44. The molecule has 4 nitrogen and oxygen atoms in total. The van der Waals surface area contributed by atoms with Gasteiger partial charge in [-0.1, -0.05) is 78.9 Å². The van der Waals surface area contributed by atoms with E-state index in [1.165, 1.54) is 5.56 Å². The number of rotatable bonds is 8. The van der Waals surface area contributed by atoms with E-state index in [2.05, 4.69) is 22.4 Å². The molecule has 1 N–H and O–H groups in total. The largest absolute Gasteiger partial charge is 0.473 e. The first kappa shape index (κ1) is 20.6. The minimum absolute atomic E-state index is 0.0494. The molecule has 0 saturated heterocycles. The number of carbonyl (C=O) groups is 1. The number of nitrogens with zero attached hydrogens (tertiary/aromatic N) is 1. The van der Waals surface area contributed by atoms with Crippen molar-refractivity contribution in [1.82, 2.24) is 10.3 Å². The first-order valence-corrected chi connectivity index (χ1v) is 10.6. The fraction of sp³-hybridized carbons (Fsp3) is 0.185. The smallest absolute Gasteiger partial charge is 0.252 e. The average molecular weight is 411 g/mol. The summed E-state index contributed by atoms with van der Waals surface area (Å²) in [6, 6.07) is 29.7. The summed E-state index contributed by atoms with van der Waals surface area (Å²) in [7, 11) is 0. The molecule has 0 fully saturated rings. The highest BCUT2D eigenvalue weighted by atomic mass is 16.5. The Morgan fingerprint density at radius 2 is 1.55 bits per heavy atom. The maximum absolute atomic E-state index is 13.1. The van der Waals surface area contributed by atoms with Crippen LogP contribution in [0, 0.1) is 0 Å². The van der Waals surface area contributed by atoms with E-state index in [-0.39, 0.29) is 11.9 Å². The minimum atomic E-state index is -0.108. The molecule has 0 spiro atoms. The summed E-state index contributed by atoms with van der Waals surface area (Å²) >= 11 is 0. The number of aromatic nitrogens is 1. The highest BCUT2D eigenvalue weighted by molar-refractivity contribution is 6.06. The number of hydrogen-bond acceptors (Lipinski definition) is 3. The third-order valence-electron chi connectivity index (χ3n) is 5.25. The summed E-state index contributed by atoms with van der Waals surface area (Å²) in [4.78, 5) is 17.7. The van der Waals surface area contributed by atoms with Gasteiger partial charge in [-0.15, -0.1) is 0 Å². The van der Waals surface area contributed by atoms with Gasteiger partial charge in [-0.3, -0.25) is 4.79 Å². The molecule has 156 valence electrons. The highest BCUT2D eigenvalue weighted by Gasteiger charge is 2.16. The Labute approximate surface area is 182 Å². The summed E-state index contributed by atoms with van der Waals surface area (Å²) in [5.74, 6) is 0.341. The number of aryl methyl sites for hydroxylation is 1. The van der Waals surface area contributed by atoms with Crippen LogP contribution in [0.5, 0.6) is 5.88 Å². The topological polar surface area (TPSA) is 51.2 Å². The zero-order valence-electron chi connectivity index (χ0n) is 17.6. The molecule has 0 radical (unpaired) electrons. The van der Waals surface area contributed by atoms with Crippen molar-refractivity contribution in [3.05, 3.63) is 108 Å². The van der Waals surface area contributed by atoms with E-state index in [4.69, 9.17) is 4.74 Å². The van der Waals surface area contributed by atoms with Gasteiger partial charge in [0.1, 0.15) is 6.61 Å². The van der Waals surface area contributed by atoms with E-state index in [0.29, 0.717) is 18.1 Å². The van der Waals surface area contributed by atoms with Crippen LogP contribution < -0.4 is 10.1 Å². The molecule has 3 aromatic carbocycles. The summed E-state index contributed by atoms with van der Waals surface area (Å²) in [6.07, 6.45) is 1.79. The monoisotopic (exact) mass is 410 g/mol. The van der Waals surface area contributed by atoms with E-state index < -0.39 is 0 Å². The predicted molar refractivity (Wildman–Crippen MR) is 124 cm³/mol. The third kappa shape index (κ3) is 5.48. The molecule has 1 amide bonds. The molecule has 4 rings (SSSR count). The van der Waals surface area contributed by atoms with Crippen molar-refractivity contribution in [3.63, 3.8) is 0 Å². The van der Waals surface area contributed by atoms with Crippen LogP contribution in [0.2, 0.25) is 0 Å². The van der Waals surface area contributed by atoms with Crippen LogP contribution in [0.25, 0.3) is 10.9 Å². The maximum Gasteiger partial charge on any atom is 0.252 e. The van der Waals surface area contributed by atoms with Crippen molar-refractivity contribution < 1.29 is 9.53 Å². The Bertz CT molecular complexity index is 1140. The van der Waals surface area contributed by atoms with Gasteiger partial charge in [0.2, 0.25) is 5.88 Å². The lowest BCUT2D eigenvalue weighted by atomic mass is 10.0. The Hall–Kier alpha value is -3.66. The Kier molecular flexibility index (Phi) is 6.58. The molecule has 1 unspecified atom stereocenters. The van der Waals surface area contributed by atoms with E-state index in [0.717, 1.165) is 29.3 Å². The van der Waals surface area contributed by atoms with Crippen molar-refractivity contribution in [1.29, 1.82) is 0 Å². The number of pyridine rings is 1. The summed E-state index contributed by atoms with van der Waals surface area (Å²) in [5, 5.41) is 3.96. The minimum Gasteiger partial charge on any atom is -0.473 e. The molecule has 0 bridgehead atoms. The first-order valence-electron chi connectivity index (χ1n) is 10.6. The Balaban J connectivity index is 1.49. The number of hydrogen-bond donors (Lipinski definition) is 1. The molecule has 31 heavy (non-hydrogen) atoms. The van der Waals surface area contributed by atoms with Crippen molar-refractivity contribution >= 4 is 16.8 Å². The van der Waals surface area contributed by atoms with Gasteiger partial charge in [0.15, 0.2) is 0 Å². The van der Waals surface area contributed by atoms with E-state index in [1.807, 2.05) is 79.7 Å². The zero-order chi connectivity index (χ0) is 21.5. The van der Waals surface area contributed by atoms with Crippen LogP contribution >= 0.6 is 0 Å². The molecule has 0 saturated carbocycles. The number of ether oxygens (including phenoxy) is 1. The van der Waals surface area contributed by atoms with Gasteiger partial charge in [-0.05, 0) is 37.0 Å². The molecule has 4 aromatic rings. The van der Waals surface area contributed by atoms with Crippen LogP contribution in [-0.2, 0) is 13.0 Å². The number of nitrogens with one attached hydrogen (secondary N) is 1. The molecule has 1 aromatic heterocycles. The summed E-state index contributed by atoms with van der Waals surface area (Å²) in [5.41, 5.74) is 3.66. The van der Waals surface area contributed by atoms with Gasteiger partial charge in [0.05, 0.1) is 11.1 Å². The molecule has 4 heteroatoms. The SMILES string of the molecule is CC(CCc1ccccc1)NC(=O)c1cc(OCc2ccccc2)nc2ccccc12. The number of para-hydroxylation sites is 1. The van der Waals surface area contributed by atoms with Gasteiger partial charge in [-0.25, -0.2) is 4.98 Å². The number of carbonyl (C=O) groups excluding carboxylic acids is 1. The molecule has 1 heterocycles. The van der Waals surface area contributed by atoms with Gasteiger partial charge >= 0.3 is 0 Å². The molecular formula is C27H26N2O2. The van der Waals surface area contributed by atoms with Crippen LogP contribution in [0.3, 0.4) is 0 Å². The fourth-order valence-corrected chi connectivity index (χ4v) is 3.55. The Morgan fingerprint density at radius 3 is 2.29 bits per heavy atom. The van der Waals surface area contributed by atoms with Gasteiger partial charge in [-0.2, -0.15) is 0 Å². The highest BCUT2D eigenvalue weighted by Crippen LogP contribution is 2.23. The van der Waals surface area contributed by atoms with Crippen molar-refractivity contribution in [2.75, 3.05) is 0 Å². The molecule has 0 aliphatic heterocycles. The Morgan fingerprint density at radius 1 is 0.903 bits per heavy atom. The van der Waals surface area contributed by atoms with Crippen LogP contribution in [0.15, 0.2) is 91.0 Å². The van der Waals surface area contributed by atoms with Crippen LogP contribution in [-0.4, -0.2) is 16.9 Å². The molecule has 0 aliphatic rings. The quantitative estimate of drug-likeness (QED) is 0.413. The van der Waals surface area contributed by atoms with Gasteiger partial charge in [0, 0.05) is 17.5 Å². The van der Waals surface area contributed by atoms with E-state index in [1.54, 1.807) is 6.07 Å². The second-order valence-electron chi connectivity index (χ2n) is 7.70. The first-order chi connectivity index (χ1) is 15.2.